The third-order valence-electron chi connectivity index (χ3n) is 3.09. The number of carbonyl (C=O) groups is 3. The number of rotatable bonds is 8. The molecule has 0 heterocycles. The van der Waals surface area contributed by atoms with Crippen molar-refractivity contribution in [2.45, 2.75) is 25.8 Å². The van der Waals surface area contributed by atoms with Gasteiger partial charge in [0, 0.05) is 12.3 Å². The van der Waals surface area contributed by atoms with E-state index in [1.165, 1.54) is 6.42 Å². The SMILES string of the molecule is CC(C[CH]C(=O)N[C@@H](Cc1ccccc1)C(N)=O)C(N)=O. The number of benzene rings is 1. The van der Waals surface area contributed by atoms with Crippen molar-refractivity contribution in [3.05, 3.63) is 42.3 Å². The number of carbonyl (C=O) groups excluding carboxylic acids is 3. The van der Waals surface area contributed by atoms with Gasteiger partial charge in [0.15, 0.2) is 0 Å². The van der Waals surface area contributed by atoms with Crippen LogP contribution in [0.25, 0.3) is 0 Å². The van der Waals surface area contributed by atoms with Crippen molar-refractivity contribution in [1.29, 1.82) is 0 Å². The molecule has 21 heavy (non-hydrogen) atoms. The van der Waals surface area contributed by atoms with Crippen LogP contribution in [0.5, 0.6) is 0 Å². The Morgan fingerprint density at radius 2 is 1.76 bits per heavy atom. The number of nitrogens with two attached hydrogens (primary N) is 2. The molecule has 3 amide bonds. The van der Waals surface area contributed by atoms with Gasteiger partial charge in [-0.2, -0.15) is 0 Å². The normalized spacial score (nSPS) is 13.2. The van der Waals surface area contributed by atoms with Crippen LogP contribution in [0.2, 0.25) is 0 Å². The maximum atomic E-state index is 11.7. The Morgan fingerprint density at radius 3 is 2.29 bits per heavy atom. The van der Waals surface area contributed by atoms with Crippen LogP contribution in [0.3, 0.4) is 0 Å². The lowest BCUT2D eigenvalue weighted by Crippen LogP contribution is -2.46. The molecule has 0 aliphatic heterocycles. The summed E-state index contributed by atoms with van der Waals surface area (Å²) in [6, 6.07) is 8.45. The van der Waals surface area contributed by atoms with Gasteiger partial charge >= 0.3 is 0 Å². The minimum absolute atomic E-state index is 0.220. The van der Waals surface area contributed by atoms with Crippen molar-refractivity contribution in [2.24, 2.45) is 17.4 Å². The monoisotopic (exact) mass is 290 g/mol. The molecule has 0 saturated carbocycles. The average Bonchev–Trinajstić information content (AvgIpc) is 2.44. The second kappa shape index (κ2) is 8.04. The highest BCUT2D eigenvalue weighted by Crippen LogP contribution is 2.06. The summed E-state index contributed by atoms with van der Waals surface area (Å²) in [5, 5.41) is 2.54. The van der Waals surface area contributed by atoms with Crippen molar-refractivity contribution < 1.29 is 14.4 Å². The molecule has 0 aliphatic rings. The van der Waals surface area contributed by atoms with E-state index in [-0.39, 0.29) is 6.42 Å². The molecule has 6 nitrogen and oxygen atoms in total. The highest BCUT2D eigenvalue weighted by Gasteiger charge is 2.19. The standard InChI is InChI=1S/C15H20N3O3/c1-10(14(16)20)7-8-13(19)18-12(15(17)21)9-11-5-3-2-4-6-11/h2-6,8,10,12H,7,9H2,1H3,(H2,16,20)(H2,17,21)(H,18,19)/t10?,12-/m0/s1. The maximum absolute atomic E-state index is 11.7. The van der Waals surface area contributed by atoms with E-state index < -0.39 is 29.7 Å². The number of primary amides is 2. The molecule has 1 radical (unpaired) electrons. The van der Waals surface area contributed by atoms with Gasteiger partial charge in [-0.15, -0.1) is 0 Å². The molecule has 0 spiro atoms. The van der Waals surface area contributed by atoms with Gasteiger partial charge in [0.1, 0.15) is 6.04 Å². The van der Waals surface area contributed by atoms with Gasteiger partial charge in [-0.05, 0) is 12.0 Å². The molecular weight excluding hydrogens is 270 g/mol. The lowest BCUT2D eigenvalue weighted by Gasteiger charge is -2.16. The lowest BCUT2D eigenvalue weighted by molar-refractivity contribution is -0.126. The van der Waals surface area contributed by atoms with Crippen LogP contribution in [-0.2, 0) is 20.8 Å². The van der Waals surface area contributed by atoms with Crippen LogP contribution < -0.4 is 16.8 Å². The lowest BCUT2D eigenvalue weighted by atomic mass is 10.0. The summed E-state index contributed by atoms with van der Waals surface area (Å²) in [6.07, 6.45) is 1.84. The van der Waals surface area contributed by atoms with Crippen LogP contribution in [0, 0.1) is 12.3 Å². The molecule has 113 valence electrons. The van der Waals surface area contributed by atoms with Crippen LogP contribution in [-0.4, -0.2) is 23.8 Å². The second-order valence-electron chi connectivity index (χ2n) is 4.90. The Labute approximate surface area is 123 Å². The molecule has 5 N–H and O–H groups in total. The molecular formula is C15H20N3O3. The van der Waals surface area contributed by atoms with Gasteiger partial charge in [0.05, 0.1) is 6.42 Å². The number of amides is 3. The van der Waals surface area contributed by atoms with Crippen molar-refractivity contribution >= 4 is 17.7 Å². The first kappa shape index (κ1) is 16.7. The predicted octanol–water partition coefficient (Wildman–Crippen LogP) is -0.0850. The van der Waals surface area contributed by atoms with Crippen molar-refractivity contribution in [3.8, 4) is 0 Å². The topological polar surface area (TPSA) is 115 Å². The minimum atomic E-state index is -0.792. The van der Waals surface area contributed by atoms with Crippen molar-refractivity contribution in [2.75, 3.05) is 0 Å². The first-order chi connectivity index (χ1) is 9.90. The zero-order valence-electron chi connectivity index (χ0n) is 11.9. The fourth-order valence-corrected chi connectivity index (χ4v) is 1.70. The van der Waals surface area contributed by atoms with Gasteiger partial charge in [0.25, 0.3) is 0 Å². The van der Waals surface area contributed by atoms with Gasteiger partial charge < -0.3 is 16.8 Å². The molecule has 2 atom stereocenters. The third kappa shape index (κ3) is 6.07. The van der Waals surface area contributed by atoms with E-state index in [9.17, 15) is 14.4 Å². The molecule has 0 saturated heterocycles. The molecule has 0 fully saturated rings. The first-order valence-corrected chi connectivity index (χ1v) is 6.66. The van der Waals surface area contributed by atoms with Crippen LogP contribution >= 0.6 is 0 Å². The predicted molar refractivity (Wildman–Crippen MR) is 78.5 cm³/mol. The molecule has 1 unspecified atom stereocenters. The van der Waals surface area contributed by atoms with E-state index in [1.807, 2.05) is 30.3 Å². The van der Waals surface area contributed by atoms with E-state index in [2.05, 4.69) is 5.32 Å². The van der Waals surface area contributed by atoms with Gasteiger partial charge in [0.2, 0.25) is 17.7 Å². The maximum Gasteiger partial charge on any atom is 0.240 e. The summed E-state index contributed by atoms with van der Waals surface area (Å²) in [5.41, 5.74) is 11.3. The highest BCUT2D eigenvalue weighted by molar-refractivity contribution is 5.91. The largest absolute Gasteiger partial charge is 0.369 e. The number of hydrogen-bond acceptors (Lipinski definition) is 3. The van der Waals surface area contributed by atoms with E-state index in [4.69, 9.17) is 11.5 Å². The zero-order chi connectivity index (χ0) is 15.8. The Bertz CT molecular complexity index is 502. The highest BCUT2D eigenvalue weighted by atomic mass is 16.2. The Morgan fingerprint density at radius 1 is 1.14 bits per heavy atom. The molecule has 6 heteroatoms. The Hall–Kier alpha value is -2.37. The number of nitrogens with one attached hydrogen (secondary N) is 1. The summed E-state index contributed by atoms with van der Waals surface area (Å²) in [6.45, 7) is 1.63. The fourth-order valence-electron chi connectivity index (χ4n) is 1.70. The molecule has 1 aromatic carbocycles. The van der Waals surface area contributed by atoms with Gasteiger partial charge in [-0.3, -0.25) is 14.4 Å². The summed E-state index contributed by atoms with van der Waals surface area (Å²) in [4.78, 5) is 34.0. The minimum Gasteiger partial charge on any atom is -0.369 e. The molecule has 0 bridgehead atoms. The van der Waals surface area contributed by atoms with Crippen LogP contribution in [0.15, 0.2) is 30.3 Å². The Balaban J connectivity index is 2.53. The van der Waals surface area contributed by atoms with E-state index in [1.54, 1.807) is 6.92 Å². The van der Waals surface area contributed by atoms with Crippen molar-refractivity contribution in [3.63, 3.8) is 0 Å². The van der Waals surface area contributed by atoms with Gasteiger partial charge in [-0.25, -0.2) is 0 Å². The van der Waals surface area contributed by atoms with E-state index in [0.29, 0.717) is 6.42 Å². The average molecular weight is 290 g/mol. The number of hydrogen-bond donors (Lipinski definition) is 3. The van der Waals surface area contributed by atoms with Crippen LogP contribution in [0.4, 0.5) is 0 Å². The summed E-state index contributed by atoms with van der Waals surface area (Å²) in [5.74, 6) is -1.96. The smallest absolute Gasteiger partial charge is 0.240 e. The second-order valence-corrected chi connectivity index (χ2v) is 4.90. The summed E-state index contributed by atoms with van der Waals surface area (Å²) < 4.78 is 0. The first-order valence-electron chi connectivity index (χ1n) is 6.66. The zero-order valence-corrected chi connectivity index (χ0v) is 11.9. The van der Waals surface area contributed by atoms with Gasteiger partial charge in [-0.1, -0.05) is 37.3 Å². The van der Waals surface area contributed by atoms with E-state index in [0.717, 1.165) is 5.56 Å². The quantitative estimate of drug-likeness (QED) is 0.621. The fraction of sp³-hybridized carbons (Fsp3) is 0.333. The summed E-state index contributed by atoms with van der Waals surface area (Å²) >= 11 is 0. The van der Waals surface area contributed by atoms with E-state index >= 15 is 0 Å². The Kier molecular flexibility index (Phi) is 6.39. The van der Waals surface area contributed by atoms with Crippen molar-refractivity contribution in [1.82, 2.24) is 5.32 Å². The molecule has 0 aliphatic carbocycles. The molecule has 0 aromatic heterocycles. The molecule has 1 aromatic rings. The summed E-state index contributed by atoms with van der Waals surface area (Å²) in [7, 11) is 0. The third-order valence-corrected chi connectivity index (χ3v) is 3.09. The molecule has 1 rings (SSSR count). The van der Waals surface area contributed by atoms with Crippen LogP contribution in [0.1, 0.15) is 18.9 Å².